The molecule has 1 aliphatic carbocycles. The SMILES string of the molecule is CC1(C=NCCCSCCCCO)C=CC=CC1. The van der Waals surface area contributed by atoms with Crippen molar-refractivity contribution in [1.29, 1.82) is 0 Å². The van der Waals surface area contributed by atoms with Gasteiger partial charge in [-0.15, -0.1) is 0 Å². The second-order valence-electron chi connectivity index (χ2n) is 4.93. The van der Waals surface area contributed by atoms with E-state index in [2.05, 4.69) is 42.4 Å². The van der Waals surface area contributed by atoms with Crippen LogP contribution in [-0.2, 0) is 0 Å². The van der Waals surface area contributed by atoms with E-state index in [0.29, 0.717) is 6.61 Å². The lowest BCUT2D eigenvalue weighted by Crippen LogP contribution is -2.15. The standard InChI is InChI=1S/C15H25NOS/c1-15(8-3-2-4-9-15)14-16-10-7-13-18-12-6-5-11-17/h2-4,8,14,17H,5-7,9-13H2,1H3. The Bertz CT molecular complexity index is 299. The topological polar surface area (TPSA) is 32.6 Å². The summed E-state index contributed by atoms with van der Waals surface area (Å²) in [5.74, 6) is 2.34. The van der Waals surface area contributed by atoms with Crippen LogP contribution < -0.4 is 0 Å². The Hall–Kier alpha value is -0.540. The third-order valence-corrected chi connectivity index (χ3v) is 4.10. The van der Waals surface area contributed by atoms with E-state index < -0.39 is 0 Å². The van der Waals surface area contributed by atoms with Crippen LogP contribution in [0.3, 0.4) is 0 Å². The van der Waals surface area contributed by atoms with Gasteiger partial charge in [0.25, 0.3) is 0 Å². The Morgan fingerprint density at radius 3 is 2.83 bits per heavy atom. The molecule has 1 unspecified atom stereocenters. The summed E-state index contributed by atoms with van der Waals surface area (Å²) in [6.07, 6.45) is 15.0. The van der Waals surface area contributed by atoms with E-state index >= 15 is 0 Å². The van der Waals surface area contributed by atoms with Crippen molar-refractivity contribution in [2.24, 2.45) is 10.4 Å². The fourth-order valence-electron chi connectivity index (χ4n) is 1.79. The highest BCUT2D eigenvalue weighted by molar-refractivity contribution is 7.99. The molecular formula is C15H25NOS. The molecule has 0 radical (unpaired) electrons. The van der Waals surface area contributed by atoms with Crippen molar-refractivity contribution in [3.63, 3.8) is 0 Å². The van der Waals surface area contributed by atoms with Gasteiger partial charge in [0.1, 0.15) is 0 Å². The van der Waals surface area contributed by atoms with Gasteiger partial charge in [-0.25, -0.2) is 0 Å². The molecule has 3 heteroatoms. The van der Waals surface area contributed by atoms with Crippen molar-refractivity contribution in [2.45, 2.75) is 32.6 Å². The maximum Gasteiger partial charge on any atom is 0.0431 e. The summed E-state index contributed by atoms with van der Waals surface area (Å²) in [6, 6.07) is 0. The second-order valence-corrected chi connectivity index (χ2v) is 6.15. The molecule has 1 N–H and O–H groups in total. The largest absolute Gasteiger partial charge is 0.396 e. The lowest BCUT2D eigenvalue weighted by Gasteiger charge is -2.20. The van der Waals surface area contributed by atoms with Gasteiger partial charge in [-0.05, 0) is 37.2 Å². The molecule has 1 aliphatic rings. The number of aliphatic hydroxyl groups excluding tert-OH is 1. The van der Waals surface area contributed by atoms with Crippen LogP contribution in [0.2, 0.25) is 0 Å². The van der Waals surface area contributed by atoms with E-state index in [1.807, 2.05) is 11.8 Å². The second kappa shape index (κ2) is 9.40. The normalized spacial score (nSPS) is 23.0. The predicted octanol–water partition coefficient (Wildman–Crippen LogP) is 3.48. The minimum absolute atomic E-state index is 0.128. The molecule has 2 nitrogen and oxygen atoms in total. The first kappa shape index (κ1) is 15.5. The third-order valence-electron chi connectivity index (χ3n) is 2.94. The molecule has 0 aromatic rings. The Morgan fingerprint density at radius 1 is 1.28 bits per heavy atom. The molecule has 0 aliphatic heterocycles. The maximum absolute atomic E-state index is 8.65. The first-order valence-electron chi connectivity index (χ1n) is 6.81. The molecular weight excluding hydrogens is 242 g/mol. The van der Waals surface area contributed by atoms with Gasteiger partial charge in [-0.3, -0.25) is 4.99 Å². The Balaban J connectivity index is 2.00. The van der Waals surface area contributed by atoms with E-state index in [0.717, 1.165) is 38.0 Å². The van der Waals surface area contributed by atoms with E-state index in [1.165, 1.54) is 5.75 Å². The summed E-state index contributed by atoms with van der Waals surface area (Å²) >= 11 is 1.97. The van der Waals surface area contributed by atoms with Crippen molar-refractivity contribution in [3.8, 4) is 0 Å². The zero-order valence-corrected chi connectivity index (χ0v) is 12.2. The summed E-state index contributed by atoms with van der Waals surface area (Å²) in [5, 5.41) is 8.65. The van der Waals surface area contributed by atoms with Gasteiger partial charge in [-0.2, -0.15) is 11.8 Å². The van der Waals surface area contributed by atoms with Crippen molar-refractivity contribution < 1.29 is 5.11 Å². The molecule has 0 aromatic carbocycles. The van der Waals surface area contributed by atoms with Crippen LogP contribution in [0, 0.1) is 5.41 Å². The summed E-state index contributed by atoms with van der Waals surface area (Å²) in [6.45, 7) is 3.48. The van der Waals surface area contributed by atoms with E-state index in [-0.39, 0.29) is 5.41 Å². The summed E-state index contributed by atoms with van der Waals surface area (Å²) in [5.41, 5.74) is 0.128. The molecule has 1 rings (SSSR count). The van der Waals surface area contributed by atoms with Crippen molar-refractivity contribution in [1.82, 2.24) is 0 Å². The molecule has 102 valence electrons. The smallest absolute Gasteiger partial charge is 0.0431 e. The van der Waals surface area contributed by atoms with E-state index in [1.54, 1.807) is 0 Å². The van der Waals surface area contributed by atoms with Crippen LogP contribution >= 0.6 is 11.8 Å². The zero-order chi connectivity index (χ0) is 13.1. The first-order valence-corrected chi connectivity index (χ1v) is 7.96. The minimum Gasteiger partial charge on any atom is -0.396 e. The highest BCUT2D eigenvalue weighted by atomic mass is 32.2. The highest BCUT2D eigenvalue weighted by Gasteiger charge is 2.17. The Labute approximate surface area is 115 Å². The summed E-state index contributed by atoms with van der Waals surface area (Å²) < 4.78 is 0. The van der Waals surface area contributed by atoms with Crippen molar-refractivity contribution in [3.05, 3.63) is 24.3 Å². The molecule has 0 bridgehead atoms. The first-order chi connectivity index (χ1) is 8.77. The molecule has 0 fully saturated rings. The van der Waals surface area contributed by atoms with Gasteiger partial charge in [0, 0.05) is 24.8 Å². The molecule has 18 heavy (non-hydrogen) atoms. The van der Waals surface area contributed by atoms with E-state index in [9.17, 15) is 0 Å². The summed E-state index contributed by atoms with van der Waals surface area (Å²) in [4.78, 5) is 4.54. The average molecular weight is 267 g/mol. The quantitative estimate of drug-likeness (QED) is 0.512. The Kier molecular flexibility index (Phi) is 8.10. The van der Waals surface area contributed by atoms with E-state index in [4.69, 9.17) is 5.11 Å². The fourth-order valence-corrected chi connectivity index (χ4v) is 2.73. The number of aliphatic imine (C=N–C) groups is 1. The van der Waals surface area contributed by atoms with Crippen LogP contribution in [0.1, 0.15) is 32.6 Å². The molecule has 0 saturated carbocycles. The average Bonchev–Trinajstić information content (AvgIpc) is 2.38. The van der Waals surface area contributed by atoms with Crippen LogP contribution in [0.4, 0.5) is 0 Å². The van der Waals surface area contributed by atoms with Gasteiger partial charge in [0.05, 0.1) is 0 Å². The molecule has 0 amide bonds. The van der Waals surface area contributed by atoms with Crippen LogP contribution in [0.15, 0.2) is 29.3 Å². The number of allylic oxidation sites excluding steroid dienone is 4. The lowest BCUT2D eigenvalue weighted by atomic mass is 9.85. The molecule has 0 spiro atoms. The van der Waals surface area contributed by atoms with Crippen LogP contribution in [0.5, 0.6) is 0 Å². The number of unbranched alkanes of at least 4 members (excludes halogenated alkanes) is 1. The number of hydrogen-bond donors (Lipinski definition) is 1. The fraction of sp³-hybridized carbons (Fsp3) is 0.667. The number of nitrogens with zero attached hydrogens (tertiary/aromatic N) is 1. The van der Waals surface area contributed by atoms with Crippen molar-refractivity contribution in [2.75, 3.05) is 24.7 Å². The lowest BCUT2D eigenvalue weighted by molar-refractivity contribution is 0.287. The number of aliphatic hydroxyl groups is 1. The van der Waals surface area contributed by atoms with Gasteiger partial charge in [0.15, 0.2) is 0 Å². The molecule has 0 saturated heterocycles. The molecule has 0 heterocycles. The maximum atomic E-state index is 8.65. The van der Waals surface area contributed by atoms with Crippen molar-refractivity contribution >= 4 is 18.0 Å². The van der Waals surface area contributed by atoms with Crippen LogP contribution in [-0.4, -0.2) is 36.0 Å². The summed E-state index contributed by atoms with van der Waals surface area (Å²) in [7, 11) is 0. The van der Waals surface area contributed by atoms with Crippen LogP contribution in [0.25, 0.3) is 0 Å². The van der Waals surface area contributed by atoms with Gasteiger partial charge in [0.2, 0.25) is 0 Å². The predicted molar refractivity (Wildman–Crippen MR) is 82.6 cm³/mol. The van der Waals surface area contributed by atoms with Gasteiger partial charge in [-0.1, -0.05) is 31.2 Å². The number of thioether (sulfide) groups is 1. The number of hydrogen-bond acceptors (Lipinski definition) is 3. The van der Waals surface area contributed by atoms with Gasteiger partial charge >= 0.3 is 0 Å². The van der Waals surface area contributed by atoms with Gasteiger partial charge < -0.3 is 5.11 Å². The monoisotopic (exact) mass is 267 g/mol. The molecule has 1 atom stereocenters. The third kappa shape index (κ3) is 7.02. The minimum atomic E-state index is 0.128. The highest BCUT2D eigenvalue weighted by Crippen LogP contribution is 2.24. The number of rotatable bonds is 9. The zero-order valence-electron chi connectivity index (χ0n) is 11.3. The molecule has 0 aromatic heterocycles. The Morgan fingerprint density at radius 2 is 2.11 bits per heavy atom.